The molecule has 2 fully saturated rings. The van der Waals surface area contributed by atoms with E-state index < -0.39 is 18.3 Å². The molecule has 0 radical (unpaired) electrons. The van der Waals surface area contributed by atoms with Crippen LogP contribution in [0.5, 0.6) is 11.5 Å². The Morgan fingerprint density at radius 3 is 2.87 bits per heavy atom. The number of benzene rings is 2. The van der Waals surface area contributed by atoms with Gasteiger partial charge in [0.25, 0.3) is 0 Å². The van der Waals surface area contributed by atoms with Crippen LogP contribution in [0, 0.1) is 0 Å². The van der Waals surface area contributed by atoms with Gasteiger partial charge in [-0.15, -0.1) is 0 Å². The number of carbonyl (C=O) groups is 1. The molecule has 0 aliphatic carbocycles. The Morgan fingerprint density at radius 1 is 1.19 bits per heavy atom. The highest BCUT2D eigenvalue weighted by atomic mass is 79.9. The van der Waals surface area contributed by atoms with Gasteiger partial charge < -0.3 is 24.3 Å². The third-order valence-corrected chi connectivity index (χ3v) is 6.45. The zero-order valence-corrected chi connectivity index (χ0v) is 18.6. The molecule has 0 saturated carbocycles. The molecule has 1 N–H and O–H groups in total. The molecule has 0 amide bonds. The van der Waals surface area contributed by atoms with Crippen LogP contribution in [-0.4, -0.2) is 54.4 Å². The molecule has 0 unspecified atom stereocenters. The first-order chi connectivity index (χ1) is 15.0. The molecule has 3 aromatic rings. The molecule has 2 aliphatic heterocycles. The number of rotatable bonds is 5. The van der Waals surface area contributed by atoms with E-state index in [0.29, 0.717) is 27.9 Å². The molecule has 5 rings (SSSR count). The highest BCUT2D eigenvalue weighted by molar-refractivity contribution is 9.10. The number of nitrogens with one attached hydrogen (secondary N) is 1. The summed E-state index contributed by atoms with van der Waals surface area (Å²) in [5, 5.41) is 4.60. The van der Waals surface area contributed by atoms with Crippen LogP contribution in [-0.2, 0) is 14.3 Å². The summed E-state index contributed by atoms with van der Waals surface area (Å²) in [6.45, 7) is 0.315. The smallest absolute Gasteiger partial charge is 0.189 e. The van der Waals surface area contributed by atoms with Gasteiger partial charge in [0.2, 0.25) is 0 Å². The van der Waals surface area contributed by atoms with Gasteiger partial charge in [0.05, 0.1) is 24.3 Å². The van der Waals surface area contributed by atoms with Gasteiger partial charge in [0, 0.05) is 21.6 Å². The second-order valence-electron chi connectivity index (χ2n) is 7.15. The fourth-order valence-electron chi connectivity index (χ4n) is 3.70. The predicted molar refractivity (Wildman–Crippen MR) is 117 cm³/mol. The minimum atomic E-state index is -0.563. The number of Topliss-reactive ketones (excluding diaryl/α,β-unsaturated/α-hetero) is 1. The van der Waals surface area contributed by atoms with Crippen LogP contribution in [0.2, 0.25) is 5.02 Å². The number of hydrogen-bond acceptors (Lipinski definition) is 8. The first-order valence-electron chi connectivity index (χ1n) is 9.51. The van der Waals surface area contributed by atoms with Crippen LogP contribution in [0.4, 0.5) is 11.5 Å². The number of aromatic nitrogens is 2. The Bertz CT molecular complexity index is 1180. The number of methoxy groups -OCH3 is 1. The summed E-state index contributed by atoms with van der Waals surface area (Å²) in [5.74, 6) is 1.54. The van der Waals surface area contributed by atoms with Crippen molar-refractivity contribution in [1.82, 2.24) is 9.97 Å². The standard InChI is InChI=1S/C21H17BrClN3O5/c1-28-16-5-11-14(6-17(16)31-18-8-30-19-15(27)7-29-20(18)19)24-9-25-21(11)26-10-2-3-12(22)13(23)4-10/h2-6,9,18-20H,7-8H2,1H3,(H,24,25,26)/t18-,19+,20+/m1/s1. The second kappa shape index (κ2) is 8.23. The summed E-state index contributed by atoms with van der Waals surface area (Å²) in [5.41, 5.74) is 1.44. The summed E-state index contributed by atoms with van der Waals surface area (Å²) in [6.07, 6.45) is 0.0756. The molecule has 0 bridgehead atoms. The van der Waals surface area contributed by atoms with Gasteiger partial charge in [-0.25, -0.2) is 9.97 Å². The van der Waals surface area contributed by atoms with E-state index in [1.807, 2.05) is 12.1 Å². The minimum Gasteiger partial charge on any atom is -0.493 e. The summed E-state index contributed by atoms with van der Waals surface area (Å²) in [6, 6.07) is 9.13. The number of ether oxygens (including phenoxy) is 4. The van der Waals surface area contributed by atoms with Crippen molar-refractivity contribution in [3.8, 4) is 11.5 Å². The average Bonchev–Trinajstić information content (AvgIpc) is 3.34. The van der Waals surface area contributed by atoms with Crippen LogP contribution in [0.3, 0.4) is 0 Å². The lowest BCUT2D eigenvalue weighted by molar-refractivity contribution is -0.125. The SMILES string of the molecule is COc1cc2c(Nc3ccc(Br)c(Cl)c3)ncnc2cc1O[C@@H]1CO[C@H]2C(=O)CO[C@@H]12. The van der Waals surface area contributed by atoms with Crippen LogP contribution in [0.1, 0.15) is 0 Å². The molecule has 0 spiro atoms. The minimum absolute atomic E-state index is 0.0480. The molecule has 10 heteroatoms. The Hall–Kier alpha value is -2.46. The van der Waals surface area contributed by atoms with Crippen molar-refractivity contribution in [2.45, 2.75) is 18.3 Å². The maximum absolute atomic E-state index is 11.8. The van der Waals surface area contributed by atoms with E-state index in [-0.39, 0.29) is 19.0 Å². The number of carbonyl (C=O) groups excluding carboxylic acids is 1. The number of nitrogens with zero attached hydrogens (tertiary/aromatic N) is 2. The summed E-state index contributed by atoms with van der Waals surface area (Å²) < 4.78 is 23.6. The largest absolute Gasteiger partial charge is 0.493 e. The first-order valence-corrected chi connectivity index (χ1v) is 10.7. The average molecular weight is 507 g/mol. The van der Waals surface area contributed by atoms with Gasteiger partial charge in [-0.1, -0.05) is 11.6 Å². The van der Waals surface area contributed by atoms with E-state index in [2.05, 4.69) is 31.2 Å². The van der Waals surface area contributed by atoms with Crippen molar-refractivity contribution >= 4 is 55.7 Å². The molecular formula is C21H17BrClN3O5. The number of halogens is 2. The Morgan fingerprint density at radius 2 is 2.06 bits per heavy atom. The third-order valence-electron chi connectivity index (χ3n) is 5.22. The number of ketones is 1. The molecule has 8 nitrogen and oxygen atoms in total. The lowest BCUT2D eigenvalue weighted by Gasteiger charge is -2.20. The molecule has 1 aromatic heterocycles. The lowest BCUT2D eigenvalue weighted by Crippen LogP contribution is -2.33. The van der Waals surface area contributed by atoms with Crippen molar-refractivity contribution in [2.75, 3.05) is 25.6 Å². The van der Waals surface area contributed by atoms with Crippen molar-refractivity contribution in [2.24, 2.45) is 0 Å². The van der Waals surface area contributed by atoms with Crippen molar-refractivity contribution in [1.29, 1.82) is 0 Å². The Balaban J connectivity index is 1.46. The topological polar surface area (TPSA) is 91.8 Å². The lowest BCUT2D eigenvalue weighted by atomic mass is 10.1. The predicted octanol–water partition coefficient (Wildman–Crippen LogP) is 3.91. The molecule has 2 aliphatic rings. The van der Waals surface area contributed by atoms with Crippen LogP contribution in [0.15, 0.2) is 41.1 Å². The monoisotopic (exact) mass is 505 g/mol. The number of anilines is 2. The molecule has 31 heavy (non-hydrogen) atoms. The quantitative estimate of drug-likeness (QED) is 0.557. The summed E-state index contributed by atoms with van der Waals surface area (Å²) in [4.78, 5) is 20.5. The van der Waals surface area contributed by atoms with Crippen LogP contribution >= 0.6 is 27.5 Å². The normalized spacial score (nSPS) is 22.5. The fraction of sp³-hybridized carbons (Fsp3) is 0.286. The molecule has 2 saturated heterocycles. The van der Waals surface area contributed by atoms with E-state index in [1.54, 1.807) is 25.3 Å². The van der Waals surface area contributed by atoms with E-state index in [9.17, 15) is 4.79 Å². The maximum atomic E-state index is 11.8. The Kier molecular flexibility index (Phi) is 5.43. The summed E-state index contributed by atoms with van der Waals surface area (Å²) >= 11 is 9.58. The maximum Gasteiger partial charge on any atom is 0.189 e. The van der Waals surface area contributed by atoms with Crippen molar-refractivity contribution < 1.29 is 23.7 Å². The van der Waals surface area contributed by atoms with Crippen LogP contribution in [0.25, 0.3) is 10.9 Å². The van der Waals surface area contributed by atoms with Crippen molar-refractivity contribution in [3.63, 3.8) is 0 Å². The van der Waals surface area contributed by atoms with Gasteiger partial charge in [0.15, 0.2) is 23.4 Å². The van der Waals surface area contributed by atoms with Crippen molar-refractivity contribution in [3.05, 3.63) is 46.2 Å². The van der Waals surface area contributed by atoms with Gasteiger partial charge in [-0.05, 0) is 40.2 Å². The van der Waals surface area contributed by atoms with E-state index in [1.165, 1.54) is 6.33 Å². The Labute approximate surface area is 190 Å². The van der Waals surface area contributed by atoms with Gasteiger partial charge >= 0.3 is 0 Å². The number of fused-ring (bicyclic) bond motifs is 2. The zero-order chi connectivity index (χ0) is 21.5. The third kappa shape index (κ3) is 3.82. The zero-order valence-electron chi connectivity index (χ0n) is 16.3. The summed E-state index contributed by atoms with van der Waals surface area (Å²) in [7, 11) is 1.56. The van der Waals surface area contributed by atoms with E-state index >= 15 is 0 Å². The highest BCUT2D eigenvalue weighted by Crippen LogP contribution is 2.37. The molecular weight excluding hydrogens is 490 g/mol. The fourth-order valence-corrected chi connectivity index (χ4v) is 4.13. The molecule has 160 valence electrons. The second-order valence-corrected chi connectivity index (χ2v) is 8.41. The molecule has 2 aromatic carbocycles. The van der Waals surface area contributed by atoms with Gasteiger partial charge in [-0.2, -0.15) is 0 Å². The van der Waals surface area contributed by atoms with Gasteiger partial charge in [0.1, 0.15) is 31.0 Å². The van der Waals surface area contributed by atoms with Gasteiger partial charge in [-0.3, -0.25) is 4.79 Å². The first kappa shape index (κ1) is 20.4. The molecule has 3 heterocycles. The van der Waals surface area contributed by atoms with E-state index in [0.717, 1.165) is 15.5 Å². The molecule has 3 atom stereocenters. The van der Waals surface area contributed by atoms with E-state index in [4.69, 9.17) is 30.5 Å². The number of hydrogen-bond donors (Lipinski definition) is 1. The van der Waals surface area contributed by atoms with Crippen LogP contribution < -0.4 is 14.8 Å². The highest BCUT2D eigenvalue weighted by Gasteiger charge is 2.48.